The first kappa shape index (κ1) is 20.3. The molecule has 2 aromatic heterocycles. The van der Waals surface area contributed by atoms with Gasteiger partial charge in [-0.05, 0) is 30.7 Å². The van der Waals surface area contributed by atoms with Gasteiger partial charge in [0.05, 0.1) is 29.7 Å². The van der Waals surface area contributed by atoms with Crippen LogP contribution in [0.3, 0.4) is 0 Å². The van der Waals surface area contributed by atoms with E-state index in [4.69, 9.17) is 0 Å². The summed E-state index contributed by atoms with van der Waals surface area (Å²) in [4.78, 5) is 25.4. The summed E-state index contributed by atoms with van der Waals surface area (Å²) in [6.07, 6.45) is 0.0938. The van der Waals surface area contributed by atoms with Crippen LogP contribution in [-0.2, 0) is 6.18 Å². The fourth-order valence-corrected chi connectivity index (χ4v) is 4.22. The molecule has 0 aliphatic carbocycles. The number of carbonyl (C=O) groups is 1. The minimum atomic E-state index is -4.56. The minimum absolute atomic E-state index is 0.0115. The van der Waals surface area contributed by atoms with E-state index in [0.717, 1.165) is 18.3 Å². The SMILES string of the molecule is O=C(c1cc(F)ccc1-n1nccn1)N1CC[C@H]2CN(c3nccc(C(F)(F)F)n3)[C@H]2C1. The van der Waals surface area contributed by atoms with E-state index in [0.29, 0.717) is 25.2 Å². The standard InChI is InChI=1S/C20H17F4N7O/c21-13-1-2-15(31-26-6-7-27-31)14(9-13)18(32)29-8-4-12-10-30(16(12)11-29)19-25-5-3-17(28-19)20(22,23)24/h1-3,5-7,9,12,16H,4,8,10-11H2/t12-,16-/m0/s1. The van der Waals surface area contributed by atoms with Gasteiger partial charge in [-0.1, -0.05) is 0 Å². The van der Waals surface area contributed by atoms with Crippen molar-refractivity contribution in [3.05, 3.63) is 59.9 Å². The quantitative estimate of drug-likeness (QED) is 0.575. The molecule has 2 saturated heterocycles. The van der Waals surface area contributed by atoms with Gasteiger partial charge in [-0.2, -0.15) is 28.2 Å². The number of fused-ring (bicyclic) bond motifs is 1. The van der Waals surface area contributed by atoms with Crippen molar-refractivity contribution in [2.24, 2.45) is 5.92 Å². The highest BCUT2D eigenvalue weighted by Gasteiger charge is 2.45. The van der Waals surface area contributed by atoms with E-state index in [1.165, 1.54) is 29.3 Å². The molecule has 0 bridgehead atoms. The van der Waals surface area contributed by atoms with Gasteiger partial charge in [-0.3, -0.25) is 4.79 Å². The topological polar surface area (TPSA) is 80.0 Å². The van der Waals surface area contributed by atoms with Gasteiger partial charge in [0.15, 0.2) is 0 Å². The number of hydrogen-bond donors (Lipinski definition) is 0. The molecule has 1 amide bonds. The van der Waals surface area contributed by atoms with Crippen molar-refractivity contribution in [3.63, 3.8) is 0 Å². The maximum absolute atomic E-state index is 13.9. The van der Waals surface area contributed by atoms with E-state index in [9.17, 15) is 22.4 Å². The zero-order valence-electron chi connectivity index (χ0n) is 16.6. The van der Waals surface area contributed by atoms with Crippen molar-refractivity contribution in [2.75, 3.05) is 24.5 Å². The predicted molar refractivity (Wildman–Crippen MR) is 103 cm³/mol. The Hall–Kier alpha value is -3.57. The van der Waals surface area contributed by atoms with E-state index in [2.05, 4.69) is 20.2 Å². The van der Waals surface area contributed by atoms with Crippen LogP contribution in [0.2, 0.25) is 0 Å². The number of anilines is 1. The highest BCUT2D eigenvalue weighted by molar-refractivity contribution is 5.97. The third-order valence-electron chi connectivity index (χ3n) is 5.85. The van der Waals surface area contributed by atoms with Crippen LogP contribution in [0.1, 0.15) is 22.5 Å². The van der Waals surface area contributed by atoms with Gasteiger partial charge in [0.2, 0.25) is 5.95 Å². The maximum Gasteiger partial charge on any atom is 0.433 e. The number of carbonyl (C=O) groups excluding carboxylic acids is 1. The number of likely N-dealkylation sites (tertiary alicyclic amines) is 1. The van der Waals surface area contributed by atoms with Crippen LogP contribution in [0.5, 0.6) is 0 Å². The predicted octanol–water partition coefficient (Wildman–Crippen LogP) is 2.57. The van der Waals surface area contributed by atoms with Gasteiger partial charge in [0.25, 0.3) is 5.91 Å². The number of amides is 1. The zero-order valence-corrected chi connectivity index (χ0v) is 16.6. The molecule has 2 fully saturated rings. The molecule has 0 saturated carbocycles. The number of halogens is 4. The lowest BCUT2D eigenvalue weighted by molar-refractivity contribution is -0.141. The van der Waals surface area contributed by atoms with Crippen LogP contribution in [0, 0.1) is 11.7 Å². The van der Waals surface area contributed by atoms with Crippen molar-refractivity contribution >= 4 is 11.9 Å². The highest BCUT2D eigenvalue weighted by atomic mass is 19.4. The molecule has 8 nitrogen and oxygen atoms in total. The molecule has 2 aliphatic rings. The normalized spacial score (nSPS) is 20.6. The average Bonchev–Trinajstić information content (AvgIpc) is 3.28. The van der Waals surface area contributed by atoms with Crippen LogP contribution in [0.15, 0.2) is 42.9 Å². The minimum Gasteiger partial charge on any atom is -0.336 e. The molecule has 32 heavy (non-hydrogen) atoms. The second-order valence-corrected chi connectivity index (χ2v) is 7.74. The second kappa shape index (κ2) is 7.53. The molecule has 3 aromatic rings. The summed E-state index contributed by atoms with van der Waals surface area (Å²) in [5.74, 6) is -0.756. The zero-order chi connectivity index (χ0) is 22.5. The van der Waals surface area contributed by atoms with E-state index in [1.807, 2.05) is 0 Å². The highest BCUT2D eigenvalue weighted by Crippen LogP contribution is 2.37. The third-order valence-corrected chi connectivity index (χ3v) is 5.85. The number of hydrogen-bond acceptors (Lipinski definition) is 6. The molecule has 5 rings (SSSR count). The van der Waals surface area contributed by atoms with E-state index in [1.54, 1.807) is 9.80 Å². The molecule has 0 unspecified atom stereocenters. The maximum atomic E-state index is 13.9. The van der Waals surface area contributed by atoms with Crippen LogP contribution in [0.25, 0.3) is 5.69 Å². The Morgan fingerprint density at radius 3 is 2.59 bits per heavy atom. The number of rotatable bonds is 3. The van der Waals surface area contributed by atoms with Crippen LogP contribution in [-0.4, -0.2) is 61.4 Å². The Morgan fingerprint density at radius 1 is 1.06 bits per heavy atom. The van der Waals surface area contributed by atoms with Gasteiger partial charge >= 0.3 is 6.18 Å². The number of piperidine rings is 1. The number of nitrogens with zero attached hydrogens (tertiary/aromatic N) is 7. The number of aromatic nitrogens is 5. The Labute approximate surface area is 179 Å². The monoisotopic (exact) mass is 447 g/mol. The summed E-state index contributed by atoms with van der Waals surface area (Å²) in [5, 5.41) is 8.04. The van der Waals surface area contributed by atoms with E-state index in [-0.39, 0.29) is 30.0 Å². The van der Waals surface area contributed by atoms with Gasteiger partial charge in [-0.25, -0.2) is 14.4 Å². The van der Waals surface area contributed by atoms with Gasteiger partial charge in [0.1, 0.15) is 11.5 Å². The Morgan fingerprint density at radius 2 is 1.84 bits per heavy atom. The lowest BCUT2D eigenvalue weighted by Crippen LogP contribution is -2.65. The summed E-state index contributed by atoms with van der Waals surface area (Å²) in [5.41, 5.74) is -0.554. The molecule has 1 aromatic carbocycles. The summed E-state index contributed by atoms with van der Waals surface area (Å²) in [6, 6.07) is 4.41. The van der Waals surface area contributed by atoms with Crippen LogP contribution >= 0.6 is 0 Å². The first-order valence-corrected chi connectivity index (χ1v) is 9.93. The fourth-order valence-electron chi connectivity index (χ4n) is 4.22. The summed E-state index contributed by atoms with van der Waals surface area (Å²) < 4.78 is 53.0. The van der Waals surface area contributed by atoms with Gasteiger partial charge in [-0.15, -0.1) is 0 Å². The molecule has 0 spiro atoms. The van der Waals surface area contributed by atoms with Gasteiger partial charge < -0.3 is 9.80 Å². The molecular weight excluding hydrogens is 430 g/mol. The van der Waals surface area contributed by atoms with Crippen molar-refractivity contribution in [3.8, 4) is 5.69 Å². The largest absolute Gasteiger partial charge is 0.433 e. The Balaban J connectivity index is 1.38. The lowest BCUT2D eigenvalue weighted by atomic mass is 9.82. The Kier molecular flexibility index (Phi) is 4.79. The molecule has 166 valence electrons. The van der Waals surface area contributed by atoms with E-state index >= 15 is 0 Å². The number of alkyl halides is 3. The smallest absolute Gasteiger partial charge is 0.336 e. The van der Waals surface area contributed by atoms with Crippen molar-refractivity contribution in [2.45, 2.75) is 18.6 Å². The number of benzene rings is 1. The molecular formula is C20H17F4N7O. The average molecular weight is 447 g/mol. The molecule has 12 heteroatoms. The first-order chi connectivity index (χ1) is 15.3. The molecule has 0 N–H and O–H groups in total. The summed E-state index contributed by atoms with van der Waals surface area (Å²) >= 11 is 0. The molecule has 4 heterocycles. The third kappa shape index (κ3) is 3.55. The molecule has 2 aliphatic heterocycles. The second-order valence-electron chi connectivity index (χ2n) is 7.74. The molecule has 2 atom stereocenters. The van der Waals surface area contributed by atoms with Crippen molar-refractivity contribution in [1.82, 2.24) is 29.9 Å². The first-order valence-electron chi connectivity index (χ1n) is 9.93. The summed E-state index contributed by atoms with van der Waals surface area (Å²) in [7, 11) is 0. The Bertz CT molecular complexity index is 1150. The fraction of sp³-hybridized carbons (Fsp3) is 0.350. The lowest BCUT2D eigenvalue weighted by Gasteiger charge is -2.53. The van der Waals surface area contributed by atoms with Crippen molar-refractivity contribution in [1.29, 1.82) is 0 Å². The van der Waals surface area contributed by atoms with Crippen molar-refractivity contribution < 1.29 is 22.4 Å². The van der Waals surface area contributed by atoms with Crippen LogP contribution < -0.4 is 4.90 Å². The summed E-state index contributed by atoms with van der Waals surface area (Å²) in [6.45, 7) is 1.25. The van der Waals surface area contributed by atoms with Gasteiger partial charge in [0, 0.05) is 31.7 Å². The molecule has 0 radical (unpaired) electrons. The van der Waals surface area contributed by atoms with Crippen LogP contribution in [0.4, 0.5) is 23.5 Å². The van der Waals surface area contributed by atoms with E-state index < -0.39 is 23.6 Å².